The molecular formula is C17H20N2O2. The van der Waals surface area contributed by atoms with Crippen LogP contribution in [0.3, 0.4) is 0 Å². The Morgan fingerprint density at radius 2 is 1.95 bits per heavy atom. The van der Waals surface area contributed by atoms with E-state index in [9.17, 15) is 9.90 Å². The Labute approximate surface area is 124 Å². The fourth-order valence-electron chi connectivity index (χ4n) is 5.35. The highest BCUT2D eigenvalue weighted by Gasteiger charge is 2.59. The number of aliphatic hydroxyl groups excluding tert-OH is 1. The van der Waals surface area contributed by atoms with E-state index in [0.29, 0.717) is 12.0 Å². The van der Waals surface area contributed by atoms with Crippen LogP contribution < -0.4 is 4.90 Å². The van der Waals surface area contributed by atoms with Crippen LogP contribution in [0.25, 0.3) is 0 Å². The van der Waals surface area contributed by atoms with E-state index in [-0.39, 0.29) is 17.9 Å². The number of rotatable bonds is 0. The maximum Gasteiger partial charge on any atom is 0.256 e. The van der Waals surface area contributed by atoms with Crippen LogP contribution in [-0.4, -0.2) is 47.2 Å². The zero-order valence-electron chi connectivity index (χ0n) is 12.0. The van der Waals surface area contributed by atoms with Crippen LogP contribution in [0.15, 0.2) is 24.3 Å². The van der Waals surface area contributed by atoms with Crippen molar-refractivity contribution >= 4 is 11.6 Å². The van der Waals surface area contributed by atoms with Gasteiger partial charge in [-0.2, -0.15) is 0 Å². The number of benzene rings is 1. The molecular weight excluding hydrogens is 264 g/mol. The number of hydrogen-bond donors (Lipinski definition) is 1. The Morgan fingerprint density at radius 1 is 1.10 bits per heavy atom. The van der Waals surface area contributed by atoms with Crippen LogP contribution in [0.1, 0.15) is 30.7 Å². The molecule has 110 valence electrons. The van der Waals surface area contributed by atoms with Crippen molar-refractivity contribution in [3.8, 4) is 0 Å². The Kier molecular flexibility index (Phi) is 2.37. The van der Waals surface area contributed by atoms with Gasteiger partial charge in [0, 0.05) is 23.6 Å². The van der Waals surface area contributed by atoms with Gasteiger partial charge >= 0.3 is 0 Å². The number of para-hydroxylation sites is 1. The topological polar surface area (TPSA) is 43.8 Å². The molecule has 1 aromatic carbocycles. The molecule has 1 amide bonds. The number of hydrogen-bond acceptors (Lipinski definition) is 3. The Bertz CT molecular complexity index is 617. The van der Waals surface area contributed by atoms with Gasteiger partial charge in [0.1, 0.15) is 6.10 Å². The summed E-state index contributed by atoms with van der Waals surface area (Å²) >= 11 is 0. The third-order valence-corrected chi connectivity index (χ3v) is 6.12. The normalized spacial score (nSPS) is 40.9. The zero-order valence-corrected chi connectivity index (χ0v) is 12.0. The van der Waals surface area contributed by atoms with Gasteiger partial charge in [-0.25, -0.2) is 0 Å². The van der Waals surface area contributed by atoms with Crippen LogP contribution in [0, 0.1) is 5.92 Å². The molecule has 1 aromatic rings. The summed E-state index contributed by atoms with van der Waals surface area (Å²) in [5.41, 5.74) is 2.36. The number of piperidine rings is 3. The molecule has 0 bridgehead atoms. The van der Waals surface area contributed by atoms with E-state index in [2.05, 4.69) is 17.0 Å². The van der Waals surface area contributed by atoms with Crippen molar-refractivity contribution < 1.29 is 9.90 Å². The number of fused-ring (bicyclic) bond motifs is 3. The quantitative estimate of drug-likeness (QED) is 0.782. The average molecular weight is 284 g/mol. The number of amides is 1. The summed E-state index contributed by atoms with van der Waals surface area (Å²) < 4.78 is 0. The van der Waals surface area contributed by atoms with Crippen LogP contribution >= 0.6 is 0 Å². The molecule has 3 saturated heterocycles. The van der Waals surface area contributed by atoms with Crippen molar-refractivity contribution in [3.05, 3.63) is 29.8 Å². The maximum atomic E-state index is 12.8. The largest absolute Gasteiger partial charge is 0.383 e. The molecule has 0 aromatic heterocycles. The molecule has 0 spiro atoms. The number of aliphatic hydroxyl groups is 1. The number of carbonyl (C=O) groups excluding carboxylic acids is 1. The summed E-state index contributed by atoms with van der Waals surface area (Å²) in [5, 5.41) is 10.6. The summed E-state index contributed by atoms with van der Waals surface area (Å²) in [6.45, 7) is 2.22. The molecule has 4 nitrogen and oxygen atoms in total. The van der Waals surface area contributed by atoms with E-state index in [1.807, 2.05) is 17.0 Å². The van der Waals surface area contributed by atoms with Crippen molar-refractivity contribution in [1.82, 2.24) is 4.90 Å². The fourth-order valence-corrected chi connectivity index (χ4v) is 5.35. The molecule has 5 unspecified atom stereocenters. The van der Waals surface area contributed by atoms with Gasteiger partial charge in [-0.3, -0.25) is 9.69 Å². The maximum absolute atomic E-state index is 12.8. The smallest absolute Gasteiger partial charge is 0.256 e. The molecule has 21 heavy (non-hydrogen) atoms. The summed E-state index contributed by atoms with van der Waals surface area (Å²) in [6, 6.07) is 8.88. The molecule has 4 aliphatic heterocycles. The molecule has 4 heterocycles. The SMILES string of the molecule is O=C1C(O)C2CCCN3CCC4c5ccccc5N1C4C23. The second kappa shape index (κ2) is 4.08. The first kappa shape index (κ1) is 12.2. The van der Waals surface area contributed by atoms with Crippen molar-refractivity contribution in [3.63, 3.8) is 0 Å². The number of carbonyl (C=O) groups is 1. The lowest BCUT2D eigenvalue weighted by Gasteiger charge is -2.55. The molecule has 4 aliphatic rings. The second-order valence-electron chi connectivity index (χ2n) is 6.93. The van der Waals surface area contributed by atoms with Crippen molar-refractivity contribution in [2.24, 2.45) is 5.92 Å². The lowest BCUT2D eigenvalue weighted by molar-refractivity contribution is -0.140. The molecule has 1 N–H and O–H groups in total. The van der Waals surface area contributed by atoms with Gasteiger partial charge in [0.2, 0.25) is 0 Å². The predicted molar refractivity (Wildman–Crippen MR) is 79.2 cm³/mol. The van der Waals surface area contributed by atoms with Crippen LogP contribution in [-0.2, 0) is 4.79 Å². The molecule has 0 aliphatic carbocycles. The lowest BCUT2D eigenvalue weighted by atomic mass is 9.70. The molecule has 4 heteroatoms. The second-order valence-corrected chi connectivity index (χ2v) is 6.93. The molecule has 3 fully saturated rings. The van der Waals surface area contributed by atoms with Crippen LogP contribution in [0.5, 0.6) is 0 Å². The van der Waals surface area contributed by atoms with Crippen molar-refractivity contribution in [2.75, 3.05) is 18.0 Å². The first-order valence-corrected chi connectivity index (χ1v) is 8.11. The molecule has 5 atom stereocenters. The van der Waals surface area contributed by atoms with Crippen molar-refractivity contribution in [2.45, 2.75) is 43.4 Å². The summed E-state index contributed by atoms with van der Waals surface area (Å²) in [4.78, 5) is 17.2. The fraction of sp³-hybridized carbons (Fsp3) is 0.588. The van der Waals surface area contributed by atoms with Crippen LogP contribution in [0.2, 0.25) is 0 Å². The third-order valence-electron chi connectivity index (χ3n) is 6.12. The predicted octanol–water partition coefficient (Wildman–Crippen LogP) is 1.34. The molecule has 0 radical (unpaired) electrons. The zero-order chi connectivity index (χ0) is 14.1. The van der Waals surface area contributed by atoms with E-state index in [4.69, 9.17) is 0 Å². The summed E-state index contributed by atoms with van der Waals surface area (Å²) in [7, 11) is 0. The number of nitrogens with zero attached hydrogens (tertiary/aromatic N) is 2. The molecule has 0 saturated carbocycles. The van der Waals surface area contributed by atoms with E-state index in [1.165, 1.54) is 5.56 Å². The third kappa shape index (κ3) is 1.40. The van der Waals surface area contributed by atoms with E-state index >= 15 is 0 Å². The van der Waals surface area contributed by atoms with Gasteiger partial charge in [-0.15, -0.1) is 0 Å². The number of anilines is 1. The first-order chi connectivity index (χ1) is 10.3. The van der Waals surface area contributed by atoms with Gasteiger partial charge < -0.3 is 10.0 Å². The minimum Gasteiger partial charge on any atom is -0.383 e. The summed E-state index contributed by atoms with van der Waals surface area (Å²) in [6.07, 6.45) is 2.40. The van der Waals surface area contributed by atoms with Gasteiger partial charge in [-0.1, -0.05) is 18.2 Å². The Hall–Kier alpha value is -1.39. The summed E-state index contributed by atoms with van der Waals surface area (Å²) in [5.74, 6) is 0.518. The molecule has 5 rings (SSSR count). The van der Waals surface area contributed by atoms with Gasteiger partial charge in [0.25, 0.3) is 5.91 Å². The minimum atomic E-state index is -0.820. The Balaban J connectivity index is 1.69. The minimum absolute atomic E-state index is 0.0695. The highest BCUT2D eigenvalue weighted by atomic mass is 16.3. The highest BCUT2D eigenvalue weighted by molar-refractivity contribution is 6.01. The standard InChI is InChI=1S/C17H20N2O2/c20-16-12-5-3-8-18-9-7-11-10-4-1-2-6-13(10)19(17(16)21)15(11)14(12)18/h1-2,4,6,11-12,14-16,20H,3,5,7-9H2. The monoisotopic (exact) mass is 284 g/mol. The van der Waals surface area contributed by atoms with E-state index in [1.54, 1.807) is 0 Å². The van der Waals surface area contributed by atoms with Gasteiger partial charge in [-0.05, 0) is 44.0 Å². The highest BCUT2D eigenvalue weighted by Crippen LogP contribution is 2.52. The first-order valence-electron chi connectivity index (χ1n) is 8.11. The van der Waals surface area contributed by atoms with E-state index in [0.717, 1.165) is 38.0 Å². The Morgan fingerprint density at radius 3 is 2.86 bits per heavy atom. The average Bonchev–Trinajstić information content (AvgIpc) is 2.87. The lowest BCUT2D eigenvalue weighted by Crippen LogP contribution is -2.70. The van der Waals surface area contributed by atoms with E-state index < -0.39 is 6.10 Å². The van der Waals surface area contributed by atoms with Crippen LogP contribution in [0.4, 0.5) is 5.69 Å². The van der Waals surface area contributed by atoms with Crippen molar-refractivity contribution in [1.29, 1.82) is 0 Å². The van der Waals surface area contributed by atoms with Gasteiger partial charge in [0.05, 0.1) is 6.04 Å². The van der Waals surface area contributed by atoms with Gasteiger partial charge in [0.15, 0.2) is 0 Å².